The van der Waals surface area contributed by atoms with E-state index in [4.69, 9.17) is 9.47 Å². The van der Waals surface area contributed by atoms with E-state index in [-0.39, 0.29) is 12.5 Å². The standard InChI is InChI=1S/C18H19NO4/c1-22-16-8-6-14(7-9-16)10-11-19-18(21)13-23-17-5-3-2-4-15(17)12-20/h2-9,12H,10-11,13H2,1H3,(H,19,21). The molecule has 0 unspecified atom stereocenters. The number of para-hydroxylation sites is 1. The molecular weight excluding hydrogens is 294 g/mol. The normalized spacial score (nSPS) is 9.96. The van der Waals surface area contributed by atoms with Gasteiger partial charge >= 0.3 is 0 Å². The number of methoxy groups -OCH3 is 1. The first-order valence-electron chi connectivity index (χ1n) is 7.29. The summed E-state index contributed by atoms with van der Waals surface area (Å²) in [4.78, 5) is 22.6. The third-order valence-electron chi connectivity index (χ3n) is 3.30. The Balaban J connectivity index is 1.73. The van der Waals surface area contributed by atoms with Gasteiger partial charge in [-0.15, -0.1) is 0 Å². The highest BCUT2D eigenvalue weighted by atomic mass is 16.5. The smallest absolute Gasteiger partial charge is 0.257 e. The van der Waals surface area contributed by atoms with Gasteiger partial charge in [0.25, 0.3) is 5.91 Å². The number of benzene rings is 2. The zero-order valence-corrected chi connectivity index (χ0v) is 13.0. The number of amides is 1. The van der Waals surface area contributed by atoms with Gasteiger partial charge in [0, 0.05) is 6.54 Å². The molecule has 2 aromatic rings. The van der Waals surface area contributed by atoms with Crippen molar-refractivity contribution in [3.05, 3.63) is 59.7 Å². The summed E-state index contributed by atoms with van der Waals surface area (Å²) in [6.45, 7) is 0.400. The van der Waals surface area contributed by atoms with Crippen LogP contribution in [0.3, 0.4) is 0 Å². The van der Waals surface area contributed by atoms with Crippen LogP contribution in [0.1, 0.15) is 15.9 Å². The van der Waals surface area contributed by atoms with Crippen molar-refractivity contribution >= 4 is 12.2 Å². The molecule has 2 aromatic carbocycles. The van der Waals surface area contributed by atoms with Crippen LogP contribution in [-0.4, -0.2) is 32.5 Å². The Morgan fingerprint density at radius 2 is 1.87 bits per heavy atom. The predicted octanol–water partition coefficient (Wildman–Crippen LogP) is 2.25. The largest absolute Gasteiger partial charge is 0.497 e. The van der Waals surface area contributed by atoms with Crippen molar-refractivity contribution in [2.45, 2.75) is 6.42 Å². The first-order valence-corrected chi connectivity index (χ1v) is 7.29. The van der Waals surface area contributed by atoms with E-state index in [1.165, 1.54) is 0 Å². The van der Waals surface area contributed by atoms with E-state index in [0.29, 0.717) is 24.1 Å². The van der Waals surface area contributed by atoms with E-state index < -0.39 is 0 Å². The fourth-order valence-corrected chi connectivity index (χ4v) is 2.04. The zero-order valence-electron chi connectivity index (χ0n) is 13.0. The second-order valence-corrected chi connectivity index (χ2v) is 4.89. The lowest BCUT2D eigenvalue weighted by Gasteiger charge is -2.09. The Labute approximate surface area is 135 Å². The molecule has 5 nitrogen and oxygen atoms in total. The van der Waals surface area contributed by atoms with Crippen LogP contribution in [0.4, 0.5) is 0 Å². The van der Waals surface area contributed by atoms with Gasteiger partial charge in [-0.25, -0.2) is 0 Å². The minimum atomic E-state index is -0.223. The molecule has 5 heteroatoms. The van der Waals surface area contributed by atoms with Crippen molar-refractivity contribution in [2.24, 2.45) is 0 Å². The molecular formula is C18H19NO4. The number of hydrogen-bond acceptors (Lipinski definition) is 4. The zero-order chi connectivity index (χ0) is 16.5. The van der Waals surface area contributed by atoms with Gasteiger partial charge in [-0.2, -0.15) is 0 Å². The van der Waals surface area contributed by atoms with E-state index in [0.717, 1.165) is 17.7 Å². The lowest BCUT2D eigenvalue weighted by molar-refractivity contribution is -0.123. The summed E-state index contributed by atoms with van der Waals surface area (Å²) in [5.74, 6) is 0.993. The van der Waals surface area contributed by atoms with Gasteiger partial charge in [0.15, 0.2) is 12.9 Å². The van der Waals surface area contributed by atoms with Gasteiger partial charge in [0.1, 0.15) is 11.5 Å². The molecule has 0 saturated carbocycles. The van der Waals surface area contributed by atoms with Crippen LogP contribution in [0.5, 0.6) is 11.5 Å². The fourth-order valence-electron chi connectivity index (χ4n) is 2.04. The molecule has 23 heavy (non-hydrogen) atoms. The first kappa shape index (κ1) is 16.5. The summed E-state index contributed by atoms with van der Waals surface area (Å²) < 4.78 is 10.5. The Hall–Kier alpha value is -2.82. The molecule has 0 aliphatic heterocycles. The van der Waals surface area contributed by atoms with Crippen LogP contribution in [0.25, 0.3) is 0 Å². The van der Waals surface area contributed by atoms with E-state index in [1.807, 2.05) is 24.3 Å². The van der Waals surface area contributed by atoms with Crippen molar-refractivity contribution < 1.29 is 19.1 Å². The van der Waals surface area contributed by atoms with E-state index in [2.05, 4.69) is 5.32 Å². The number of carbonyl (C=O) groups is 2. The lowest BCUT2D eigenvalue weighted by atomic mass is 10.1. The average molecular weight is 313 g/mol. The number of nitrogens with one attached hydrogen (secondary N) is 1. The number of hydrogen-bond donors (Lipinski definition) is 1. The van der Waals surface area contributed by atoms with Gasteiger partial charge in [0.2, 0.25) is 0 Å². The molecule has 0 atom stereocenters. The molecule has 120 valence electrons. The van der Waals surface area contributed by atoms with Gasteiger partial charge in [0.05, 0.1) is 12.7 Å². The quantitative estimate of drug-likeness (QED) is 0.759. The SMILES string of the molecule is COc1ccc(CCNC(=O)COc2ccccc2C=O)cc1. The molecule has 0 aliphatic rings. The summed E-state index contributed by atoms with van der Waals surface area (Å²) in [5.41, 5.74) is 1.54. The maximum absolute atomic E-state index is 11.8. The molecule has 0 spiro atoms. The number of aldehydes is 1. The third-order valence-corrected chi connectivity index (χ3v) is 3.30. The molecule has 0 fully saturated rings. The molecule has 1 amide bonds. The predicted molar refractivity (Wildman–Crippen MR) is 87.0 cm³/mol. The second-order valence-electron chi connectivity index (χ2n) is 4.89. The van der Waals surface area contributed by atoms with Crippen molar-refractivity contribution in [3.8, 4) is 11.5 Å². The summed E-state index contributed by atoms with van der Waals surface area (Å²) >= 11 is 0. The van der Waals surface area contributed by atoms with Gasteiger partial charge < -0.3 is 14.8 Å². The van der Waals surface area contributed by atoms with Crippen LogP contribution >= 0.6 is 0 Å². The van der Waals surface area contributed by atoms with Crippen molar-refractivity contribution in [1.82, 2.24) is 5.32 Å². The van der Waals surface area contributed by atoms with Crippen LogP contribution in [-0.2, 0) is 11.2 Å². The molecule has 0 aromatic heterocycles. The van der Waals surface area contributed by atoms with Crippen molar-refractivity contribution in [3.63, 3.8) is 0 Å². The van der Waals surface area contributed by atoms with Crippen LogP contribution in [0.2, 0.25) is 0 Å². The lowest BCUT2D eigenvalue weighted by Crippen LogP contribution is -2.30. The minimum Gasteiger partial charge on any atom is -0.497 e. The van der Waals surface area contributed by atoms with Gasteiger partial charge in [-0.1, -0.05) is 24.3 Å². The highest BCUT2D eigenvalue weighted by molar-refractivity contribution is 5.80. The summed E-state index contributed by atoms with van der Waals surface area (Å²) in [7, 11) is 1.62. The number of ether oxygens (including phenoxy) is 2. The Morgan fingerprint density at radius 3 is 2.57 bits per heavy atom. The number of rotatable bonds is 8. The first-order chi connectivity index (χ1) is 11.2. The maximum atomic E-state index is 11.8. The van der Waals surface area contributed by atoms with Crippen LogP contribution < -0.4 is 14.8 Å². The molecule has 0 aliphatic carbocycles. The van der Waals surface area contributed by atoms with Crippen molar-refractivity contribution in [2.75, 3.05) is 20.3 Å². The third kappa shape index (κ3) is 5.14. The van der Waals surface area contributed by atoms with Gasteiger partial charge in [-0.05, 0) is 36.2 Å². The highest BCUT2D eigenvalue weighted by Crippen LogP contribution is 2.15. The maximum Gasteiger partial charge on any atom is 0.257 e. The molecule has 0 saturated heterocycles. The Bertz CT molecular complexity index is 652. The topological polar surface area (TPSA) is 64.6 Å². The molecule has 1 N–H and O–H groups in total. The molecule has 0 bridgehead atoms. The molecule has 0 heterocycles. The summed E-state index contributed by atoms with van der Waals surface area (Å²) in [6, 6.07) is 14.5. The van der Waals surface area contributed by atoms with Crippen LogP contribution in [0.15, 0.2) is 48.5 Å². The van der Waals surface area contributed by atoms with E-state index >= 15 is 0 Å². The molecule has 2 rings (SSSR count). The van der Waals surface area contributed by atoms with Crippen LogP contribution in [0, 0.1) is 0 Å². The van der Waals surface area contributed by atoms with E-state index in [1.54, 1.807) is 31.4 Å². The van der Waals surface area contributed by atoms with Crippen molar-refractivity contribution in [1.29, 1.82) is 0 Å². The summed E-state index contributed by atoms with van der Waals surface area (Å²) in [5, 5.41) is 2.78. The average Bonchev–Trinajstić information content (AvgIpc) is 2.60. The number of carbonyl (C=O) groups excluding carboxylic acids is 2. The molecule has 0 radical (unpaired) electrons. The monoisotopic (exact) mass is 313 g/mol. The Morgan fingerprint density at radius 1 is 1.13 bits per heavy atom. The Kier molecular flexibility index (Phi) is 6.17. The second kappa shape index (κ2) is 8.58. The summed E-state index contributed by atoms with van der Waals surface area (Å²) in [6.07, 6.45) is 1.43. The van der Waals surface area contributed by atoms with Gasteiger partial charge in [-0.3, -0.25) is 9.59 Å². The van der Waals surface area contributed by atoms with E-state index in [9.17, 15) is 9.59 Å². The minimum absolute atomic E-state index is 0.118. The highest BCUT2D eigenvalue weighted by Gasteiger charge is 2.05. The fraction of sp³-hybridized carbons (Fsp3) is 0.222.